The van der Waals surface area contributed by atoms with E-state index in [4.69, 9.17) is 0 Å². The Labute approximate surface area is 99.1 Å². The first-order chi connectivity index (χ1) is 7.31. The van der Waals surface area contributed by atoms with Gasteiger partial charge in [0.15, 0.2) is 0 Å². The summed E-state index contributed by atoms with van der Waals surface area (Å²) in [6.07, 6.45) is 0. The molecule has 1 heteroatoms. The van der Waals surface area contributed by atoms with Crippen LogP contribution in [0.25, 0.3) is 11.1 Å². The van der Waals surface area contributed by atoms with E-state index in [-0.39, 0.29) is 0 Å². The molecule has 0 bridgehead atoms. The molecule has 0 aliphatic rings. The number of hydrogen-bond donors (Lipinski definition) is 0. The first-order valence-electron chi connectivity index (χ1n) is 5.02. The van der Waals surface area contributed by atoms with Gasteiger partial charge >= 0.3 is 0 Å². The van der Waals surface area contributed by atoms with Crippen molar-refractivity contribution in [3.63, 3.8) is 0 Å². The van der Waals surface area contributed by atoms with Gasteiger partial charge < -0.3 is 0 Å². The SMILES string of the molecule is Cc1cc(-c2ccccc2)ccc1CBr. The Morgan fingerprint density at radius 1 is 0.933 bits per heavy atom. The van der Waals surface area contributed by atoms with E-state index in [0.717, 1.165) is 5.33 Å². The highest BCUT2D eigenvalue weighted by Gasteiger charge is 2.00. The van der Waals surface area contributed by atoms with Gasteiger partial charge in [-0.3, -0.25) is 0 Å². The van der Waals surface area contributed by atoms with Crippen LogP contribution in [0, 0.1) is 6.92 Å². The van der Waals surface area contributed by atoms with Crippen molar-refractivity contribution in [1.29, 1.82) is 0 Å². The molecule has 0 aromatic heterocycles. The number of halogens is 1. The second-order valence-corrected chi connectivity index (χ2v) is 4.20. The standard InChI is InChI=1S/C14H13Br/c1-11-9-13(7-8-14(11)10-15)12-5-3-2-4-6-12/h2-9H,10H2,1H3. The van der Waals surface area contributed by atoms with Gasteiger partial charge in [-0.2, -0.15) is 0 Å². The zero-order valence-electron chi connectivity index (χ0n) is 8.70. The predicted molar refractivity (Wildman–Crippen MR) is 69.2 cm³/mol. The van der Waals surface area contributed by atoms with Gasteiger partial charge in [0.2, 0.25) is 0 Å². The number of aryl methyl sites for hydroxylation is 1. The average molecular weight is 261 g/mol. The maximum atomic E-state index is 3.49. The van der Waals surface area contributed by atoms with E-state index in [1.807, 2.05) is 6.07 Å². The van der Waals surface area contributed by atoms with Gasteiger partial charge in [-0.25, -0.2) is 0 Å². The second-order valence-electron chi connectivity index (χ2n) is 3.64. The van der Waals surface area contributed by atoms with Gasteiger partial charge in [0.25, 0.3) is 0 Å². The van der Waals surface area contributed by atoms with Gasteiger partial charge in [0.1, 0.15) is 0 Å². The van der Waals surface area contributed by atoms with Crippen molar-refractivity contribution in [3.05, 3.63) is 59.7 Å². The minimum atomic E-state index is 0.925. The number of hydrogen-bond acceptors (Lipinski definition) is 0. The molecule has 0 saturated heterocycles. The minimum absolute atomic E-state index is 0.925. The molecule has 0 saturated carbocycles. The van der Waals surface area contributed by atoms with Gasteiger partial charge in [-0.05, 0) is 29.2 Å². The van der Waals surface area contributed by atoms with Crippen molar-refractivity contribution < 1.29 is 0 Å². The third kappa shape index (κ3) is 2.29. The molecule has 2 aromatic rings. The van der Waals surface area contributed by atoms with Crippen molar-refractivity contribution >= 4 is 15.9 Å². The summed E-state index contributed by atoms with van der Waals surface area (Å²) >= 11 is 3.49. The highest BCUT2D eigenvalue weighted by atomic mass is 79.9. The van der Waals surface area contributed by atoms with Crippen LogP contribution in [0.5, 0.6) is 0 Å². The molecule has 0 spiro atoms. The molecule has 0 aliphatic heterocycles. The third-order valence-corrected chi connectivity index (χ3v) is 3.20. The van der Waals surface area contributed by atoms with E-state index >= 15 is 0 Å². The van der Waals surface area contributed by atoms with E-state index in [1.54, 1.807) is 0 Å². The fourth-order valence-corrected chi connectivity index (χ4v) is 2.29. The van der Waals surface area contributed by atoms with Gasteiger partial charge in [-0.1, -0.05) is 64.5 Å². The van der Waals surface area contributed by atoms with Crippen LogP contribution in [0.1, 0.15) is 11.1 Å². The van der Waals surface area contributed by atoms with Crippen molar-refractivity contribution in [2.24, 2.45) is 0 Å². The summed E-state index contributed by atoms with van der Waals surface area (Å²) in [7, 11) is 0. The topological polar surface area (TPSA) is 0 Å². The van der Waals surface area contributed by atoms with Crippen molar-refractivity contribution in [1.82, 2.24) is 0 Å². The first-order valence-corrected chi connectivity index (χ1v) is 6.14. The molecule has 0 radical (unpaired) electrons. The lowest BCUT2D eigenvalue weighted by atomic mass is 10.0. The predicted octanol–water partition coefficient (Wildman–Crippen LogP) is 4.56. The van der Waals surface area contributed by atoms with E-state index in [1.165, 1.54) is 22.3 Å². The Kier molecular flexibility index (Phi) is 3.22. The molecule has 0 heterocycles. The highest BCUT2D eigenvalue weighted by molar-refractivity contribution is 9.08. The quantitative estimate of drug-likeness (QED) is 0.695. The fraction of sp³-hybridized carbons (Fsp3) is 0.143. The number of benzene rings is 2. The van der Waals surface area contributed by atoms with Crippen molar-refractivity contribution in [3.8, 4) is 11.1 Å². The van der Waals surface area contributed by atoms with Crippen LogP contribution >= 0.6 is 15.9 Å². The molecule has 2 rings (SSSR count). The summed E-state index contributed by atoms with van der Waals surface area (Å²) in [6.45, 7) is 2.16. The zero-order chi connectivity index (χ0) is 10.7. The molecule has 2 aromatic carbocycles. The lowest BCUT2D eigenvalue weighted by Gasteiger charge is -2.06. The lowest BCUT2D eigenvalue weighted by molar-refractivity contribution is 1.32. The summed E-state index contributed by atoms with van der Waals surface area (Å²) in [5.74, 6) is 0. The van der Waals surface area contributed by atoms with Gasteiger partial charge in [0.05, 0.1) is 0 Å². The third-order valence-electron chi connectivity index (χ3n) is 2.59. The van der Waals surface area contributed by atoms with Crippen molar-refractivity contribution in [2.75, 3.05) is 0 Å². The Morgan fingerprint density at radius 3 is 2.27 bits per heavy atom. The maximum absolute atomic E-state index is 3.49. The van der Waals surface area contributed by atoms with Crippen LogP contribution in [-0.2, 0) is 5.33 Å². The van der Waals surface area contributed by atoms with Crippen LogP contribution in [0.15, 0.2) is 48.5 Å². The van der Waals surface area contributed by atoms with Crippen LogP contribution in [-0.4, -0.2) is 0 Å². The van der Waals surface area contributed by atoms with E-state index < -0.39 is 0 Å². The van der Waals surface area contributed by atoms with Crippen LogP contribution < -0.4 is 0 Å². The largest absolute Gasteiger partial charge is 0.0876 e. The number of alkyl halides is 1. The molecule has 0 N–H and O–H groups in total. The van der Waals surface area contributed by atoms with Crippen LogP contribution in [0.4, 0.5) is 0 Å². The summed E-state index contributed by atoms with van der Waals surface area (Å²) in [4.78, 5) is 0. The average Bonchev–Trinajstić information content (AvgIpc) is 2.30. The van der Waals surface area contributed by atoms with Gasteiger partial charge in [-0.15, -0.1) is 0 Å². The monoisotopic (exact) mass is 260 g/mol. The Morgan fingerprint density at radius 2 is 1.67 bits per heavy atom. The molecule has 0 amide bonds. The van der Waals surface area contributed by atoms with Crippen LogP contribution in [0.2, 0.25) is 0 Å². The number of rotatable bonds is 2. The lowest BCUT2D eigenvalue weighted by Crippen LogP contribution is -1.85. The van der Waals surface area contributed by atoms with Gasteiger partial charge in [0, 0.05) is 5.33 Å². The summed E-state index contributed by atoms with van der Waals surface area (Å²) in [5, 5.41) is 0.925. The molecule has 0 nitrogen and oxygen atoms in total. The molecule has 15 heavy (non-hydrogen) atoms. The Hall–Kier alpha value is -1.08. The maximum Gasteiger partial charge on any atom is 0.0285 e. The Bertz CT molecular complexity index is 446. The normalized spacial score (nSPS) is 10.3. The molecule has 0 atom stereocenters. The Balaban J connectivity index is 2.43. The molecular weight excluding hydrogens is 248 g/mol. The zero-order valence-corrected chi connectivity index (χ0v) is 10.3. The van der Waals surface area contributed by atoms with Crippen molar-refractivity contribution in [2.45, 2.75) is 12.3 Å². The molecule has 0 fully saturated rings. The summed E-state index contributed by atoms with van der Waals surface area (Å²) in [5.41, 5.74) is 5.27. The smallest absolute Gasteiger partial charge is 0.0285 e. The fourth-order valence-electron chi connectivity index (χ4n) is 1.66. The molecule has 0 aliphatic carbocycles. The van der Waals surface area contributed by atoms with Crippen LogP contribution in [0.3, 0.4) is 0 Å². The summed E-state index contributed by atoms with van der Waals surface area (Å²) < 4.78 is 0. The molecule has 0 unspecified atom stereocenters. The minimum Gasteiger partial charge on any atom is -0.0876 e. The summed E-state index contributed by atoms with van der Waals surface area (Å²) in [6, 6.07) is 17.1. The highest BCUT2D eigenvalue weighted by Crippen LogP contribution is 2.22. The van der Waals surface area contributed by atoms with E-state index in [9.17, 15) is 0 Å². The molecule has 76 valence electrons. The van der Waals surface area contributed by atoms with E-state index in [0.29, 0.717) is 0 Å². The first kappa shape index (κ1) is 10.4. The second kappa shape index (κ2) is 4.63. The molecular formula is C14H13Br. The van der Waals surface area contributed by atoms with E-state index in [2.05, 4.69) is 65.3 Å².